The Morgan fingerprint density at radius 2 is 2.11 bits per heavy atom. The van der Waals surface area contributed by atoms with Crippen molar-refractivity contribution >= 4 is 51.0 Å². The number of hydrogen-bond acceptors (Lipinski definition) is 5. The summed E-state index contributed by atoms with van der Waals surface area (Å²) in [5.41, 5.74) is 2.27. The number of rotatable bonds is 4. The maximum atomic E-state index is 15.9. The number of nitrogens with zero attached hydrogens (tertiary/aromatic N) is 3. The molecule has 0 spiro atoms. The van der Waals surface area contributed by atoms with E-state index in [1.165, 1.54) is 15.9 Å². The molecule has 1 atom stereocenters. The van der Waals surface area contributed by atoms with E-state index in [2.05, 4.69) is 11.0 Å². The Hall–Kier alpha value is -3.04. The lowest BCUT2D eigenvalue weighted by atomic mass is 9.89. The third-order valence-electron chi connectivity index (χ3n) is 6.49. The zero-order valence-electron chi connectivity index (χ0n) is 18.5. The fourth-order valence-corrected chi connectivity index (χ4v) is 6.04. The number of benzene rings is 2. The summed E-state index contributed by atoms with van der Waals surface area (Å²) in [6, 6.07) is 3.40. The number of fused-ring (bicyclic) bond motifs is 2. The zero-order chi connectivity index (χ0) is 24.9. The number of carbonyl (C=O) groups excluding carboxylic acids is 1. The van der Waals surface area contributed by atoms with E-state index in [0.29, 0.717) is 22.4 Å². The van der Waals surface area contributed by atoms with E-state index < -0.39 is 24.2 Å². The molecule has 1 aliphatic carbocycles. The van der Waals surface area contributed by atoms with E-state index in [0.717, 1.165) is 35.2 Å². The zero-order valence-corrected chi connectivity index (χ0v) is 20.1. The first-order chi connectivity index (χ1) is 16.8. The predicted octanol–water partition coefficient (Wildman–Crippen LogP) is 5.89. The molecule has 1 fully saturated rings. The molecular formula is C25H21ClF3N3O2S. The van der Waals surface area contributed by atoms with E-state index in [-0.39, 0.29) is 41.5 Å². The van der Waals surface area contributed by atoms with Crippen molar-refractivity contribution in [2.45, 2.75) is 25.3 Å². The number of alkyl halides is 2. The fourth-order valence-electron chi connectivity index (χ4n) is 4.81. The number of phenolic OH excluding ortho intramolecular Hbond substituents is 1. The van der Waals surface area contributed by atoms with Gasteiger partial charge in [-0.25, -0.2) is 13.2 Å². The van der Waals surface area contributed by atoms with Gasteiger partial charge in [0.2, 0.25) is 5.91 Å². The molecule has 1 amide bonds. The van der Waals surface area contributed by atoms with Crippen LogP contribution in [0.25, 0.3) is 28.1 Å². The molecule has 10 heteroatoms. The van der Waals surface area contributed by atoms with Gasteiger partial charge in [0.15, 0.2) is 5.82 Å². The Labute approximate surface area is 208 Å². The lowest BCUT2D eigenvalue weighted by Gasteiger charge is -2.41. The Kier molecular flexibility index (Phi) is 6.23. The lowest BCUT2D eigenvalue weighted by molar-refractivity contribution is -0.127. The summed E-state index contributed by atoms with van der Waals surface area (Å²) in [6.45, 7) is 3.60. The quantitative estimate of drug-likeness (QED) is 0.437. The van der Waals surface area contributed by atoms with E-state index >= 15 is 4.39 Å². The molecule has 2 aromatic carbocycles. The molecule has 2 heterocycles. The second-order valence-electron chi connectivity index (χ2n) is 8.52. The first-order valence-corrected chi connectivity index (χ1v) is 12.2. The number of halogens is 4. The SMILES string of the molecule is C=CC(=O)N1CCN(c2snc3c(F)c(-c4cc(O)cc5c4C=CCC5)c(Cl)cc23)C(C(F)F)C1. The van der Waals surface area contributed by atoms with Crippen LogP contribution in [0.15, 0.2) is 36.9 Å². The highest BCUT2D eigenvalue weighted by molar-refractivity contribution is 7.11. The first kappa shape index (κ1) is 23.7. The topological polar surface area (TPSA) is 56.7 Å². The summed E-state index contributed by atoms with van der Waals surface area (Å²) in [5, 5.41) is 11.0. The highest BCUT2D eigenvalue weighted by Gasteiger charge is 2.37. The van der Waals surface area contributed by atoms with Crippen LogP contribution >= 0.6 is 23.1 Å². The van der Waals surface area contributed by atoms with Crippen molar-refractivity contribution in [1.29, 1.82) is 0 Å². The van der Waals surface area contributed by atoms with Gasteiger partial charge in [-0.3, -0.25) is 4.79 Å². The van der Waals surface area contributed by atoms with Crippen LogP contribution in [0, 0.1) is 5.82 Å². The predicted molar refractivity (Wildman–Crippen MR) is 133 cm³/mol. The van der Waals surface area contributed by atoms with Gasteiger partial charge < -0.3 is 14.9 Å². The van der Waals surface area contributed by atoms with Gasteiger partial charge in [-0.15, -0.1) is 0 Å². The maximum Gasteiger partial charge on any atom is 0.260 e. The Balaban J connectivity index is 1.60. The molecule has 1 unspecified atom stereocenters. The third kappa shape index (κ3) is 4.06. The third-order valence-corrected chi connectivity index (χ3v) is 7.69. The summed E-state index contributed by atoms with van der Waals surface area (Å²) < 4.78 is 48.1. The normalized spacial score (nSPS) is 17.8. The number of anilines is 1. The number of phenols is 1. The van der Waals surface area contributed by atoms with Crippen molar-refractivity contribution in [3.8, 4) is 16.9 Å². The molecule has 3 aromatic rings. The Morgan fingerprint density at radius 1 is 1.31 bits per heavy atom. The summed E-state index contributed by atoms with van der Waals surface area (Å²) >= 11 is 7.51. The van der Waals surface area contributed by atoms with Crippen molar-refractivity contribution in [3.63, 3.8) is 0 Å². The summed E-state index contributed by atoms with van der Waals surface area (Å²) in [5.74, 6) is -1.07. The minimum Gasteiger partial charge on any atom is -0.508 e. The molecule has 5 rings (SSSR count). The van der Waals surface area contributed by atoms with E-state index in [9.17, 15) is 18.7 Å². The van der Waals surface area contributed by atoms with Crippen LogP contribution in [-0.4, -0.2) is 52.4 Å². The molecule has 1 aromatic heterocycles. The molecular weight excluding hydrogens is 499 g/mol. The summed E-state index contributed by atoms with van der Waals surface area (Å²) in [6.07, 6.45) is 3.76. The van der Waals surface area contributed by atoms with Crippen LogP contribution in [0.4, 0.5) is 18.2 Å². The highest BCUT2D eigenvalue weighted by Crippen LogP contribution is 2.44. The van der Waals surface area contributed by atoms with Crippen molar-refractivity contribution in [1.82, 2.24) is 9.27 Å². The van der Waals surface area contributed by atoms with Gasteiger partial charge in [0.1, 0.15) is 22.3 Å². The second-order valence-corrected chi connectivity index (χ2v) is 9.68. The number of aromatic hydroxyl groups is 1. The molecule has 0 saturated carbocycles. The number of aromatic nitrogens is 1. The number of piperazine rings is 1. The van der Waals surface area contributed by atoms with Gasteiger partial charge in [0, 0.05) is 30.6 Å². The van der Waals surface area contributed by atoms with Crippen LogP contribution in [0.2, 0.25) is 5.02 Å². The maximum absolute atomic E-state index is 15.9. The molecule has 1 saturated heterocycles. The largest absolute Gasteiger partial charge is 0.508 e. The number of amides is 1. The first-order valence-electron chi connectivity index (χ1n) is 11.1. The van der Waals surface area contributed by atoms with E-state index in [4.69, 9.17) is 11.6 Å². The van der Waals surface area contributed by atoms with E-state index in [1.54, 1.807) is 12.1 Å². The van der Waals surface area contributed by atoms with Crippen molar-refractivity contribution < 1.29 is 23.1 Å². The molecule has 1 aliphatic heterocycles. The molecule has 1 N–H and O–H groups in total. The Bertz CT molecular complexity index is 1370. The lowest BCUT2D eigenvalue weighted by Crippen LogP contribution is -2.57. The molecule has 35 heavy (non-hydrogen) atoms. The average Bonchev–Trinajstić information content (AvgIpc) is 3.26. The van der Waals surface area contributed by atoms with Gasteiger partial charge in [-0.05, 0) is 65.3 Å². The fraction of sp³-hybridized carbons (Fsp3) is 0.280. The molecule has 2 aliphatic rings. The van der Waals surface area contributed by atoms with Crippen LogP contribution in [0.5, 0.6) is 5.75 Å². The highest BCUT2D eigenvalue weighted by atomic mass is 35.5. The Morgan fingerprint density at radius 3 is 2.86 bits per heavy atom. The summed E-state index contributed by atoms with van der Waals surface area (Å²) in [7, 11) is 0. The minimum atomic E-state index is -2.74. The van der Waals surface area contributed by atoms with Crippen molar-refractivity contribution in [2.75, 3.05) is 24.5 Å². The monoisotopic (exact) mass is 519 g/mol. The standard InChI is InChI=1S/C25H21ClF3N3O2S/c1-2-20(34)31-7-8-32(19(12-31)24(28)29)25-17-11-18(26)21(22(27)23(17)30-35-25)16-10-14(33)9-13-5-3-4-6-15(13)16/h2,4,6,9-11,19,24,33H,1,3,5,7-8,12H2. The second kappa shape index (κ2) is 9.20. The van der Waals surface area contributed by atoms with Crippen molar-refractivity contribution in [3.05, 3.63) is 58.9 Å². The number of aryl methyl sites for hydroxylation is 1. The molecule has 5 nitrogen and oxygen atoms in total. The van der Waals surface area contributed by atoms with Crippen molar-refractivity contribution in [2.24, 2.45) is 0 Å². The van der Waals surface area contributed by atoms with Crippen LogP contribution in [-0.2, 0) is 11.2 Å². The van der Waals surface area contributed by atoms with Crippen LogP contribution < -0.4 is 4.90 Å². The molecule has 0 bridgehead atoms. The number of carbonyl (C=O) groups is 1. The van der Waals surface area contributed by atoms with Gasteiger partial charge in [-0.1, -0.05) is 30.3 Å². The minimum absolute atomic E-state index is 0.00954. The van der Waals surface area contributed by atoms with Gasteiger partial charge in [-0.2, -0.15) is 4.37 Å². The molecule has 0 radical (unpaired) electrons. The molecule has 182 valence electrons. The number of hydrogen-bond donors (Lipinski definition) is 1. The average molecular weight is 520 g/mol. The van der Waals surface area contributed by atoms with E-state index in [1.807, 2.05) is 12.2 Å². The summed E-state index contributed by atoms with van der Waals surface area (Å²) in [4.78, 5) is 14.8. The number of allylic oxidation sites excluding steroid dienone is 1. The van der Waals surface area contributed by atoms with Crippen LogP contribution in [0.3, 0.4) is 0 Å². The van der Waals surface area contributed by atoms with Gasteiger partial charge >= 0.3 is 0 Å². The van der Waals surface area contributed by atoms with Gasteiger partial charge in [0.05, 0.1) is 5.02 Å². The smallest absolute Gasteiger partial charge is 0.260 e. The van der Waals surface area contributed by atoms with Crippen LogP contribution in [0.1, 0.15) is 17.5 Å². The van der Waals surface area contributed by atoms with Gasteiger partial charge in [0.25, 0.3) is 6.43 Å².